The van der Waals surface area contributed by atoms with Crippen LogP contribution in [0.15, 0.2) is 54.6 Å². The van der Waals surface area contributed by atoms with Crippen LogP contribution in [0.5, 0.6) is 5.75 Å². The van der Waals surface area contributed by atoms with Crippen LogP contribution in [0.3, 0.4) is 0 Å². The van der Waals surface area contributed by atoms with Crippen molar-refractivity contribution in [1.82, 2.24) is 4.57 Å². The Kier molecular flexibility index (Phi) is 3.70. The van der Waals surface area contributed by atoms with Crippen LogP contribution >= 0.6 is 0 Å². The normalized spacial score (nSPS) is 11.2. The zero-order valence-electron chi connectivity index (χ0n) is 12.8. The van der Waals surface area contributed by atoms with Crippen molar-refractivity contribution in [3.05, 3.63) is 65.9 Å². The zero-order chi connectivity index (χ0) is 14.8. The molecule has 2 heteroatoms. The molecule has 0 saturated carbocycles. The van der Waals surface area contributed by atoms with Crippen LogP contribution < -0.4 is 4.74 Å². The maximum atomic E-state index is 5.93. The van der Waals surface area contributed by atoms with Crippen LogP contribution in [0.2, 0.25) is 0 Å². The number of fused-ring (bicyclic) bond motifs is 1. The molecule has 0 atom stereocenters. The van der Waals surface area contributed by atoms with Gasteiger partial charge in [0.05, 0.1) is 11.2 Å². The highest BCUT2D eigenvalue weighted by Crippen LogP contribution is 2.27. The number of hydrogen-bond donors (Lipinski definition) is 0. The lowest BCUT2D eigenvalue weighted by Crippen LogP contribution is -2.08. The topological polar surface area (TPSA) is 14.2 Å². The van der Waals surface area contributed by atoms with E-state index in [1.54, 1.807) is 0 Å². The molecule has 0 unspecified atom stereocenters. The van der Waals surface area contributed by atoms with E-state index in [1.807, 2.05) is 30.3 Å². The van der Waals surface area contributed by atoms with Crippen LogP contribution in [0.25, 0.3) is 10.9 Å². The number of aryl methyl sites for hydroxylation is 1. The quantitative estimate of drug-likeness (QED) is 0.647. The summed E-state index contributed by atoms with van der Waals surface area (Å²) in [4.78, 5) is 0. The fourth-order valence-corrected chi connectivity index (χ4v) is 2.89. The molecule has 0 radical (unpaired) electrons. The Hall–Kier alpha value is -2.22. The average Bonchev–Trinajstić information content (AvgIpc) is 2.86. The molecule has 2 nitrogen and oxygen atoms in total. The number of aromatic nitrogens is 1. The van der Waals surface area contributed by atoms with Crippen LogP contribution in [0.1, 0.15) is 31.1 Å². The van der Waals surface area contributed by atoms with E-state index in [4.69, 9.17) is 4.74 Å². The number of rotatable bonds is 4. The maximum absolute atomic E-state index is 5.93. The fraction of sp³-hybridized carbons (Fsp3) is 0.263. The van der Waals surface area contributed by atoms with E-state index in [9.17, 15) is 0 Å². The molecule has 0 amide bonds. The second-order valence-corrected chi connectivity index (χ2v) is 5.71. The Bertz CT molecular complexity index is 741. The smallest absolute Gasteiger partial charge is 0.128 e. The molecule has 1 heterocycles. The van der Waals surface area contributed by atoms with Gasteiger partial charge in [0.2, 0.25) is 0 Å². The summed E-state index contributed by atoms with van der Waals surface area (Å²) in [5.74, 6) is 0.912. The Morgan fingerprint density at radius 1 is 1.00 bits per heavy atom. The van der Waals surface area contributed by atoms with Gasteiger partial charge in [0.25, 0.3) is 0 Å². The van der Waals surface area contributed by atoms with E-state index in [0.29, 0.717) is 12.6 Å². The van der Waals surface area contributed by atoms with Gasteiger partial charge in [-0.15, -0.1) is 0 Å². The van der Waals surface area contributed by atoms with E-state index < -0.39 is 0 Å². The first-order valence-electron chi connectivity index (χ1n) is 7.44. The van der Waals surface area contributed by atoms with Crippen molar-refractivity contribution in [2.75, 3.05) is 0 Å². The minimum atomic E-state index is 0.415. The van der Waals surface area contributed by atoms with Crippen LogP contribution in [0, 0.1) is 6.92 Å². The third-order valence-electron chi connectivity index (χ3n) is 3.79. The minimum absolute atomic E-state index is 0.415. The summed E-state index contributed by atoms with van der Waals surface area (Å²) in [5, 5.41) is 1.29. The summed E-state index contributed by atoms with van der Waals surface area (Å²) in [6.45, 7) is 7.20. The van der Waals surface area contributed by atoms with Crippen molar-refractivity contribution in [2.45, 2.75) is 33.4 Å². The molecule has 0 aliphatic rings. The Balaban J connectivity index is 1.98. The second kappa shape index (κ2) is 5.65. The van der Waals surface area contributed by atoms with Crippen molar-refractivity contribution in [3.8, 4) is 5.75 Å². The molecular weight excluding hydrogens is 258 g/mol. The van der Waals surface area contributed by atoms with Gasteiger partial charge >= 0.3 is 0 Å². The van der Waals surface area contributed by atoms with Gasteiger partial charge in [-0.3, -0.25) is 0 Å². The van der Waals surface area contributed by atoms with Gasteiger partial charge in [-0.1, -0.05) is 36.4 Å². The van der Waals surface area contributed by atoms with E-state index in [2.05, 4.69) is 49.6 Å². The first-order valence-corrected chi connectivity index (χ1v) is 7.44. The monoisotopic (exact) mass is 279 g/mol. The minimum Gasteiger partial charge on any atom is -0.487 e. The van der Waals surface area contributed by atoms with E-state index in [-0.39, 0.29) is 0 Å². The summed E-state index contributed by atoms with van der Waals surface area (Å²) in [6, 6.07) is 19.1. The fourth-order valence-electron chi connectivity index (χ4n) is 2.89. The Labute approximate surface area is 126 Å². The van der Waals surface area contributed by atoms with Crippen molar-refractivity contribution in [1.29, 1.82) is 0 Å². The molecule has 3 aromatic rings. The molecule has 1 aromatic heterocycles. The number of para-hydroxylation sites is 2. The number of nitrogens with zero attached hydrogens (tertiary/aromatic N) is 1. The summed E-state index contributed by atoms with van der Waals surface area (Å²) in [6.07, 6.45) is 0. The second-order valence-electron chi connectivity index (χ2n) is 5.71. The Morgan fingerprint density at radius 2 is 1.76 bits per heavy atom. The summed E-state index contributed by atoms with van der Waals surface area (Å²) >= 11 is 0. The predicted octanol–water partition coefficient (Wildman–Crippen LogP) is 5.11. The zero-order valence-corrected chi connectivity index (χ0v) is 12.8. The number of hydrogen-bond acceptors (Lipinski definition) is 1. The largest absolute Gasteiger partial charge is 0.487 e. The van der Waals surface area contributed by atoms with Gasteiger partial charge in [0.15, 0.2) is 0 Å². The third-order valence-corrected chi connectivity index (χ3v) is 3.79. The van der Waals surface area contributed by atoms with Crippen LogP contribution in [-0.4, -0.2) is 4.57 Å². The maximum Gasteiger partial charge on any atom is 0.128 e. The van der Waals surface area contributed by atoms with Gasteiger partial charge in [-0.05, 0) is 44.5 Å². The van der Waals surface area contributed by atoms with Gasteiger partial charge in [0.1, 0.15) is 12.4 Å². The molecule has 2 aromatic carbocycles. The SMILES string of the molecule is Cc1cccc2cc(COc3ccccc3)n(C(C)C)c12. The molecule has 0 fully saturated rings. The van der Waals surface area contributed by atoms with Crippen molar-refractivity contribution in [2.24, 2.45) is 0 Å². The van der Waals surface area contributed by atoms with E-state index in [1.165, 1.54) is 22.2 Å². The molecular formula is C19H21NO. The first kappa shape index (κ1) is 13.7. The molecule has 0 aliphatic carbocycles. The molecule has 0 N–H and O–H groups in total. The molecule has 3 rings (SSSR count). The van der Waals surface area contributed by atoms with Crippen LogP contribution in [0.4, 0.5) is 0 Å². The molecule has 0 aliphatic heterocycles. The number of ether oxygens (including phenoxy) is 1. The molecule has 0 bridgehead atoms. The lowest BCUT2D eigenvalue weighted by Gasteiger charge is -2.16. The average molecular weight is 279 g/mol. The van der Waals surface area contributed by atoms with Gasteiger partial charge in [-0.2, -0.15) is 0 Å². The number of benzene rings is 2. The predicted molar refractivity (Wildman–Crippen MR) is 87.8 cm³/mol. The highest BCUT2D eigenvalue weighted by molar-refractivity contribution is 5.84. The van der Waals surface area contributed by atoms with Gasteiger partial charge in [0, 0.05) is 11.4 Å². The lowest BCUT2D eigenvalue weighted by molar-refractivity contribution is 0.293. The molecule has 0 saturated heterocycles. The first-order chi connectivity index (χ1) is 10.2. The van der Waals surface area contributed by atoms with E-state index in [0.717, 1.165) is 5.75 Å². The van der Waals surface area contributed by atoms with Crippen LogP contribution in [-0.2, 0) is 6.61 Å². The third kappa shape index (κ3) is 2.66. The van der Waals surface area contributed by atoms with Crippen molar-refractivity contribution < 1.29 is 4.74 Å². The van der Waals surface area contributed by atoms with Gasteiger partial charge in [-0.25, -0.2) is 0 Å². The highest BCUT2D eigenvalue weighted by Gasteiger charge is 2.13. The van der Waals surface area contributed by atoms with Crippen molar-refractivity contribution in [3.63, 3.8) is 0 Å². The molecule has 21 heavy (non-hydrogen) atoms. The van der Waals surface area contributed by atoms with E-state index >= 15 is 0 Å². The summed E-state index contributed by atoms with van der Waals surface area (Å²) in [7, 11) is 0. The lowest BCUT2D eigenvalue weighted by atomic mass is 10.1. The Morgan fingerprint density at radius 3 is 2.48 bits per heavy atom. The summed E-state index contributed by atoms with van der Waals surface area (Å²) < 4.78 is 8.31. The van der Waals surface area contributed by atoms with Crippen molar-refractivity contribution >= 4 is 10.9 Å². The highest BCUT2D eigenvalue weighted by atomic mass is 16.5. The molecule has 108 valence electrons. The standard InChI is InChI=1S/C19H21NO/c1-14(2)20-17(13-21-18-10-5-4-6-11-18)12-16-9-7-8-15(3)19(16)20/h4-12,14H,13H2,1-3H3. The summed E-state index contributed by atoms with van der Waals surface area (Å²) in [5.41, 5.74) is 3.85. The molecule has 0 spiro atoms. The van der Waals surface area contributed by atoms with Gasteiger partial charge < -0.3 is 9.30 Å².